The summed E-state index contributed by atoms with van der Waals surface area (Å²) in [7, 11) is 0. The van der Waals surface area contributed by atoms with Gasteiger partial charge in [-0.2, -0.15) is 5.26 Å². The number of aliphatic hydroxyl groups is 1. The minimum absolute atomic E-state index is 0.306. The number of rotatable bonds is 0. The van der Waals surface area contributed by atoms with Crippen LogP contribution < -0.4 is 4.74 Å². The minimum atomic E-state index is -1.21. The van der Waals surface area contributed by atoms with E-state index >= 15 is 0 Å². The van der Waals surface area contributed by atoms with Crippen LogP contribution in [-0.2, 0) is 0 Å². The molecule has 2 aromatic rings. The van der Waals surface area contributed by atoms with E-state index in [0.29, 0.717) is 43.9 Å². The number of hydrogen-bond donors (Lipinski definition) is 1. The highest BCUT2D eigenvalue weighted by Crippen LogP contribution is 2.46. The van der Waals surface area contributed by atoms with Gasteiger partial charge in [-0.1, -0.05) is 23.2 Å². The Balaban J connectivity index is 2.34. The SMILES string of the molecule is Cc1nc2c(cc1C#N)[C@@H](O)Oc1c(Cl)cc(Cl)cc1-2. The number of pyridine rings is 1. The van der Waals surface area contributed by atoms with Gasteiger partial charge in [-0.05, 0) is 25.1 Å². The van der Waals surface area contributed by atoms with Crippen molar-refractivity contribution in [1.29, 1.82) is 5.26 Å². The van der Waals surface area contributed by atoms with Crippen molar-refractivity contribution >= 4 is 23.2 Å². The molecule has 1 aliphatic heterocycles. The van der Waals surface area contributed by atoms with Crippen LogP contribution in [0, 0.1) is 18.3 Å². The van der Waals surface area contributed by atoms with Crippen molar-refractivity contribution < 1.29 is 9.84 Å². The van der Waals surface area contributed by atoms with Crippen LogP contribution in [0.3, 0.4) is 0 Å². The average Bonchev–Trinajstić information content (AvgIpc) is 2.40. The zero-order valence-electron chi connectivity index (χ0n) is 10.3. The normalized spacial score (nSPS) is 15.8. The number of benzene rings is 1. The molecule has 0 saturated carbocycles. The van der Waals surface area contributed by atoms with Gasteiger partial charge in [-0.3, -0.25) is 4.98 Å². The maximum atomic E-state index is 10.0. The Kier molecular flexibility index (Phi) is 3.06. The van der Waals surface area contributed by atoms with Crippen molar-refractivity contribution in [3.05, 3.63) is 45.1 Å². The summed E-state index contributed by atoms with van der Waals surface area (Å²) in [5.74, 6) is 0.340. The number of aryl methyl sites for hydroxylation is 1. The fourth-order valence-electron chi connectivity index (χ4n) is 2.17. The van der Waals surface area contributed by atoms with Crippen LogP contribution in [0.1, 0.15) is 23.1 Å². The Bertz CT molecular complexity index is 769. The molecule has 2 heterocycles. The summed E-state index contributed by atoms with van der Waals surface area (Å²) >= 11 is 12.1. The Morgan fingerprint density at radius 3 is 2.80 bits per heavy atom. The summed E-state index contributed by atoms with van der Waals surface area (Å²) in [5, 5.41) is 19.8. The number of nitrogens with zero attached hydrogens (tertiary/aromatic N) is 2. The average molecular weight is 307 g/mol. The number of halogens is 2. The molecule has 0 unspecified atom stereocenters. The van der Waals surface area contributed by atoms with Crippen LogP contribution in [0.2, 0.25) is 10.0 Å². The summed E-state index contributed by atoms with van der Waals surface area (Å²) in [6, 6.07) is 6.81. The summed E-state index contributed by atoms with van der Waals surface area (Å²) in [5.41, 5.74) is 2.53. The zero-order chi connectivity index (χ0) is 14.4. The first-order chi connectivity index (χ1) is 9.51. The van der Waals surface area contributed by atoms with Gasteiger partial charge in [-0.25, -0.2) is 0 Å². The Morgan fingerprint density at radius 2 is 2.10 bits per heavy atom. The molecule has 1 aliphatic rings. The van der Waals surface area contributed by atoms with Gasteiger partial charge in [0.15, 0.2) is 5.75 Å². The molecule has 4 nitrogen and oxygen atoms in total. The standard InChI is InChI=1S/C14H8Cl2N2O2/c1-6-7(5-17)2-10-12(18-6)9-3-8(15)4-11(16)13(9)20-14(10)19/h2-4,14,19H,1H3/t14-/m0/s1. The number of hydrogen-bond acceptors (Lipinski definition) is 4. The van der Waals surface area contributed by atoms with Crippen molar-refractivity contribution in [3.8, 4) is 23.1 Å². The molecule has 1 aromatic heterocycles. The van der Waals surface area contributed by atoms with E-state index < -0.39 is 6.29 Å². The summed E-state index contributed by atoms with van der Waals surface area (Å²) in [6.07, 6.45) is -1.21. The van der Waals surface area contributed by atoms with Crippen LogP contribution in [0.15, 0.2) is 18.2 Å². The lowest BCUT2D eigenvalue weighted by Gasteiger charge is -2.26. The van der Waals surface area contributed by atoms with Gasteiger partial charge in [-0.15, -0.1) is 0 Å². The van der Waals surface area contributed by atoms with Gasteiger partial charge in [0.05, 0.1) is 22.0 Å². The Hall–Kier alpha value is -1.80. The molecule has 0 saturated heterocycles. The molecule has 1 N–H and O–H groups in total. The first-order valence-electron chi connectivity index (χ1n) is 5.77. The minimum Gasteiger partial charge on any atom is -0.458 e. The fraction of sp³-hybridized carbons (Fsp3) is 0.143. The van der Waals surface area contributed by atoms with Crippen LogP contribution in [0.5, 0.6) is 5.75 Å². The van der Waals surface area contributed by atoms with Crippen LogP contribution in [0.25, 0.3) is 11.3 Å². The maximum absolute atomic E-state index is 10.0. The van der Waals surface area contributed by atoms with Gasteiger partial charge >= 0.3 is 0 Å². The lowest BCUT2D eigenvalue weighted by atomic mass is 9.99. The van der Waals surface area contributed by atoms with Crippen molar-refractivity contribution in [3.63, 3.8) is 0 Å². The largest absolute Gasteiger partial charge is 0.458 e. The number of ether oxygens (including phenoxy) is 1. The van der Waals surface area contributed by atoms with Gasteiger partial charge in [0.2, 0.25) is 6.29 Å². The molecule has 100 valence electrons. The van der Waals surface area contributed by atoms with Crippen LogP contribution in [0.4, 0.5) is 0 Å². The molecule has 1 atom stereocenters. The van der Waals surface area contributed by atoms with Gasteiger partial charge in [0, 0.05) is 16.1 Å². The van der Waals surface area contributed by atoms with Crippen molar-refractivity contribution in [2.45, 2.75) is 13.2 Å². The lowest BCUT2D eigenvalue weighted by molar-refractivity contribution is -0.0216. The first-order valence-corrected chi connectivity index (χ1v) is 6.52. The highest BCUT2D eigenvalue weighted by molar-refractivity contribution is 6.36. The van der Waals surface area contributed by atoms with E-state index in [1.807, 2.05) is 6.07 Å². The third-order valence-corrected chi connectivity index (χ3v) is 3.62. The first kappa shape index (κ1) is 13.2. The third kappa shape index (κ3) is 1.92. The number of nitriles is 1. The zero-order valence-corrected chi connectivity index (χ0v) is 11.8. The van der Waals surface area contributed by atoms with Crippen LogP contribution >= 0.6 is 23.2 Å². The van der Waals surface area contributed by atoms with Crippen molar-refractivity contribution in [1.82, 2.24) is 4.98 Å². The van der Waals surface area contributed by atoms with E-state index in [4.69, 9.17) is 33.2 Å². The Labute approximate surface area is 125 Å². The highest BCUT2D eigenvalue weighted by Gasteiger charge is 2.29. The summed E-state index contributed by atoms with van der Waals surface area (Å²) in [4.78, 5) is 4.38. The van der Waals surface area contributed by atoms with Crippen LogP contribution in [-0.4, -0.2) is 10.1 Å². The van der Waals surface area contributed by atoms with E-state index in [0.717, 1.165) is 0 Å². The third-order valence-electron chi connectivity index (χ3n) is 3.12. The summed E-state index contributed by atoms with van der Waals surface area (Å²) < 4.78 is 5.40. The molecule has 0 aliphatic carbocycles. The van der Waals surface area contributed by atoms with E-state index in [1.54, 1.807) is 19.1 Å². The van der Waals surface area contributed by atoms with Crippen molar-refractivity contribution in [2.75, 3.05) is 0 Å². The number of aromatic nitrogens is 1. The Morgan fingerprint density at radius 1 is 1.35 bits per heavy atom. The second kappa shape index (κ2) is 4.64. The van der Waals surface area contributed by atoms with Gasteiger partial charge in [0.1, 0.15) is 6.07 Å². The molecule has 6 heteroatoms. The number of fused-ring (bicyclic) bond motifs is 3. The molecule has 20 heavy (non-hydrogen) atoms. The highest BCUT2D eigenvalue weighted by atomic mass is 35.5. The molecular weight excluding hydrogens is 299 g/mol. The molecule has 0 bridgehead atoms. The molecule has 0 fully saturated rings. The molecule has 0 radical (unpaired) electrons. The smallest absolute Gasteiger partial charge is 0.226 e. The molecule has 0 amide bonds. The van der Waals surface area contributed by atoms with E-state index in [2.05, 4.69) is 4.98 Å². The summed E-state index contributed by atoms with van der Waals surface area (Å²) in [6.45, 7) is 1.73. The fourth-order valence-corrected chi connectivity index (χ4v) is 2.71. The second-order valence-electron chi connectivity index (χ2n) is 4.41. The van der Waals surface area contributed by atoms with Gasteiger partial charge in [0.25, 0.3) is 0 Å². The predicted molar refractivity (Wildman–Crippen MR) is 74.7 cm³/mol. The van der Waals surface area contributed by atoms with Gasteiger partial charge < -0.3 is 9.84 Å². The van der Waals surface area contributed by atoms with Crippen molar-refractivity contribution in [2.24, 2.45) is 0 Å². The van der Waals surface area contributed by atoms with E-state index in [-0.39, 0.29) is 0 Å². The van der Waals surface area contributed by atoms with E-state index in [9.17, 15) is 5.11 Å². The van der Waals surface area contributed by atoms with E-state index in [1.165, 1.54) is 6.07 Å². The molecule has 0 spiro atoms. The quantitative estimate of drug-likeness (QED) is 0.807. The lowest BCUT2D eigenvalue weighted by Crippen LogP contribution is -2.16. The molecule has 3 rings (SSSR count). The monoisotopic (exact) mass is 306 g/mol. The molecular formula is C14H8Cl2N2O2. The molecule has 1 aromatic carbocycles. The number of aliphatic hydroxyl groups excluding tert-OH is 1. The second-order valence-corrected chi connectivity index (χ2v) is 5.25. The maximum Gasteiger partial charge on any atom is 0.226 e. The topological polar surface area (TPSA) is 66.1 Å². The predicted octanol–water partition coefficient (Wildman–Crippen LogP) is 3.62.